The molecule has 0 aromatic heterocycles. The summed E-state index contributed by atoms with van der Waals surface area (Å²) in [6, 6.07) is 0. The minimum atomic E-state index is 0.808. The summed E-state index contributed by atoms with van der Waals surface area (Å²) >= 11 is 0. The number of hydroxylamine groups is 2. The Morgan fingerprint density at radius 3 is 1.43 bits per heavy atom. The summed E-state index contributed by atoms with van der Waals surface area (Å²) in [6.07, 6.45) is 39.9. The number of carbonyl (C=O) groups excluding carboxylic acids is 1. The van der Waals surface area contributed by atoms with Crippen molar-refractivity contribution in [1.29, 1.82) is 0 Å². The van der Waals surface area contributed by atoms with Crippen molar-refractivity contribution in [2.45, 2.75) is 194 Å². The predicted octanol–water partition coefficient (Wildman–Crippen LogP) is 11.5. The Morgan fingerprint density at radius 1 is 0.571 bits per heavy atom. The van der Waals surface area contributed by atoms with Crippen molar-refractivity contribution in [3.8, 4) is 0 Å². The van der Waals surface area contributed by atoms with Crippen molar-refractivity contribution < 1.29 is 10.0 Å². The molecule has 2 N–H and O–H groups in total. The zero-order chi connectivity index (χ0) is 30.5. The van der Waals surface area contributed by atoms with Gasteiger partial charge in [-0.3, -0.25) is 4.79 Å². The van der Waals surface area contributed by atoms with Gasteiger partial charge in [0.25, 0.3) is 0 Å². The van der Waals surface area contributed by atoms with Gasteiger partial charge < -0.3 is 10.5 Å². The van der Waals surface area contributed by atoms with Gasteiger partial charge in [0.15, 0.2) is 0 Å². The van der Waals surface area contributed by atoms with Gasteiger partial charge in [0.05, 0.1) is 0 Å². The van der Waals surface area contributed by atoms with Crippen molar-refractivity contribution in [3.63, 3.8) is 0 Å². The largest absolute Gasteiger partial charge is 0.359 e. The molecule has 0 radical (unpaired) electrons. The second kappa shape index (κ2) is 29.1. The van der Waals surface area contributed by atoms with E-state index in [2.05, 4.69) is 19.2 Å². The highest BCUT2D eigenvalue weighted by molar-refractivity contribution is 5.45. The van der Waals surface area contributed by atoms with Gasteiger partial charge >= 0.3 is 0 Å². The summed E-state index contributed by atoms with van der Waals surface area (Å²) in [4.78, 5) is 10.4. The molecule has 0 aromatic carbocycles. The fourth-order valence-corrected chi connectivity index (χ4v) is 7.99. The van der Waals surface area contributed by atoms with E-state index in [1.54, 1.807) is 7.05 Å². The normalized spacial score (nSPS) is 20.8. The second-order valence-corrected chi connectivity index (χ2v) is 14.1. The van der Waals surface area contributed by atoms with Crippen LogP contribution in [0.5, 0.6) is 0 Å². The molecule has 0 aliphatic heterocycles. The van der Waals surface area contributed by atoms with E-state index in [4.69, 9.17) is 0 Å². The number of hydrogen-bond acceptors (Lipinski definition) is 3. The number of amides is 1. The van der Waals surface area contributed by atoms with Crippen molar-refractivity contribution in [2.24, 2.45) is 23.7 Å². The smallest absolute Gasteiger partial charge is 0.207 e. The molecule has 4 atom stereocenters. The highest BCUT2D eigenvalue weighted by Crippen LogP contribution is 2.47. The number of rotatable bonds is 31. The number of hydrogen-bond donors (Lipinski definition) is 2. The molecule has 0 aromatic rings. The summed E-state index contributed by atoms with van der Waals surface area (Å²) in [5.41, 5.74) is 0. The molecule has 1 aliphatic rings. The van der Waals surface area contributed by atoms with Crippen molar-refractivity contribution in [1.82, 2.24) is 10.4 Å². The van der Waals surface area contributed by atoms with Gasteiger partial charge in [-0.2, -0.15) is 5.06 Å². The van der Waals surface area contributed by atoms with Gasteiger partial charge in [-0.1, -0.05) is 155 Å². The van der Waals surface area contributed by atoms with E-state index < -0.39 is 0 Å². The van der Waals surface area contributed by atoms with Crippen LogP contribution in [-0.2, 0) is 4.79 Å². The van der Waals surface area contributed by atoms with E-state index >= 15 is 0 Å². The highest BCUT2D eigenvalue weighted by atomic mass is 16.5. The minimum absolute atomic E-state index is 0.808. The van der Waals surface area contributed by atoms with Crippen LogP contribution >= 0.6 is 0 Å². The second-order valence-electron chi connectivity index (χ2n) is 14.1. The van der Waals surface area contributed by atoms with Gasteiger partial charge in [0.2, 0.25) is 6.41 Å². The lowest BCUT2D eigenvalue weighted by molar-refractivity contribution is -0.109. The van der Waals surface area contributed by atoms with E-state index in [1.807, 2.05) is 0 Å². The molecular formula is C38H76N2O2. The van der Waals surface area contributed by atoms with Gasteiger partial charge in [0.1, 0.15) is 0 Å². The van der Waals surface area contributed by atoms with Gasteiger partial charge in [0, 0.05) is 20.1 Å². The average Bonchev–Trinajstić information content (AvgIpc) is 2.98. The molecule has 0 saturated heterocycles. The number of unbranched alkanes of at least 4 members (excludes halogenated alkanes) is 18. The SMILES string of the molecule is CCCCCCCC1C(CCCCC)CCC(CCCCCCCCCN(C)O)C1CCCCCCCCCNC=O. The Kier molecular flexibility index (Phi) is 27.3. The Morgan fingerprint density at radius 2 is 0.952 bits per heavy atom. The Bertz CT molecular complexity index is 569. The average molecular weight is 593 g/mol. The molecule has 0 bridgehead atoms. The molecule has 1 rings (SSSR count). The monoisotopic (exact) mass is 593 g/mol. The molecule has 1 fully saturated rings. The molecule has 0 spiro atoms. The van der Waals surface area contributed by atoms with Gasteiger partial charge in [-0.25, -0.2) is 0 Å². The maximum absolute atomic E-state index is 10.4. The van der Waals surface area contributed by atoms with Crippen LogP contribution in [0, 0.1) is 23.7 Å². The first kappa shape index (κ1) is 39.4. The van der Waals surface area contributed by atoms with Crippen LogP contribution in [0.15, 0.2) is 0 Å². The van der Waals surface area contributed by atoms with Crippen LogP contribution in [-0.4, -0.2) is 36.8 Å². The van der Waals surface area contributed by atoms with Crippen LogP contribution in [0.1, 0.15) is 194 Å². The highest BCUT2D eigenvalue weighted by Gasteiger charge is 2.37. The van der Waals surface area contributed by atoms with E-state index in [0.29, 0.717) is 0 Å². The quantitative estimate of drug-likeness (QED) is 0.0478. The van der Waals surface area contributed by atoms with Crippen molar-refractivity contribution in [3.05, 3.63) is 0 Å². The lowest BCUT2D eigenvalue weighted by atomic mass is 9.61. The third-order valence-electron chi connectivity index (χ3n) is 10.5. The van der Waals surface area contributed by atoms with Crippen molar-refractivity contribution >= 4 is 6.41 Å². The molecular weight excluding hydrogens is 516 g/mol. The molecule has 4 heteroatoms. The summed E-state index contributed by atoms with van der Waals surface area (Å²) in [6.45, 7) is 6.35. The number of nitrogens with one attached hydrogen (secondary N) is 1. The van der Waals surface area contributed by atoms with Crippen LogP contribution in [0.4, 0.5) is 0 Å². The third kappa shape index (κ3) is 21.2. The molecule has 1 aliphatic carbocycles. The first-order valence-corrected chi connectivity index (χ1v) is 19.2. The fraction of sp³-hybridized carbons (Fsp3) is 0.974. The molecule has 0 heterocycles. The third-order valence-corrected chi connectivity index (χ3v) is 10.5. The molecule has 42 heavy (non-hydrogen) atoms. The molecule has 250 valence electrons. The lowest BCUT2D eigenvalue weighted by Gasteiger charge is -2.44. The van der Waals surface area contributed by atoms with E-state index in [-0.39, 0.29) is 0 Å². The molecule has 1 amide bonds. The van der Waals surface area contributed by atoms with Crippen LogP contribution in [0.2, 0.25) is 0 Å². The summed E-state index contributed by atoms with van der Waals surface area (Å²) in [5.74, 6) is 3.97. The first-order chi connectivity index (χ1) is 20.6. The maximum atomic E-state index is 10.4. The predicted molar refractivity (Wildman–Crippen MR) is 183 cm³/mol. The minimum Gasteiger partial charge on any atom is -0.359 e. The van der Waals surface area contributed by atoms with E-state index in [1.165, 1.54) is 172 Å². The number of carbonyl (C=O) groups is 1. The van der Waals surface area contributed by atoms with Crippen LogP contribution in [0.3, 0.4) is 0 Å². The molecule has 4 unspecified atom stereocenters. The zero-order valence-corrected chi connectivity index (χ0v) is 28.9. The summed E-state index contributed by atoms with van der Waals surface area (Å²) in [5, 5.41) is 13.4. The first-order valence-electron chi connectivity index (χ1n) is 19.2. The fourth-order valence-electron chi connectivity index (χ4n) is 7.99. The molecule has 4 nitrogen and oxygen atoms in total. The Labute approximate surface area is 263 Å². The number of nitrogens with zero attached hydrogens (tertiary/aromatic N) is 1. The Hall–Kier alpha value is -0.610. The zero-order valence-electron chi connectivity index (χ0n) is 28.9. The summed E-state index contributed by atoms with van der Waals surface area (Å²) in [7, 11) is 1.75. The standard InChI is InChI=1S/C38H76N2O2/c1-4-6-8-15-22-28-37-35(26-20-7-5-2)30-31-36(27-21-16-11-10-14-19-25-33-40(3)42)38(37)29-23-17-12-9-13-18-24-32-39-34-41/h34-38,42H,4-33H2,1-3H3,(H,39,41). The molecule has 1 saturated carbocycles. The topological polar surface area (TPSA) is 52.6 Å². The maximum Gasteiger partial charge on any atom is 0.207 e. The van der Waals surface area contributed by atoms with Gasteiger partial charge in [-0.15, -0.1) is 0 Å². The van der Waals surface area contributed by atoms with Crippen LogP contribution < -0.4 is 5.32 Å². The Balaban J connectivity index is 2.59. The van der Waals surface area contributed by atoms with E-state index in [0.717, 1.165) is 56.0 Å². The summed E-state index contributed by atoms with van der Waals surface area (Å²) < 4.78 is 0. The van der Waals surface area contributed by atoms with Crippen LogP contribution in [0.25, 0.3) is 0 Å². The van der Waals surface area contributed by atoms with E-state index in [9.17, 15) is 10.0 Å². The van der Waals surface area contributed by atoms with Gasteiger partial charge in [-0.05, 0) is 62.2 Å². The lowest BCUT2D eigenvalue weighted by Crippen LogP contribution is -2.35. The van der Waals surface area contributed by atoms with Crippen molar-refractivity contribution in [2.75, 3.05) is 20.1 Å².